The Morgan fingerprint density at radius 3 is 2.62 bits per heavy atom. The molecule has 0 unspecified atom stereocenters. The van der Waals surface area contributed by atoms with Crippen molar-refractivity contribution in [2.75, 3.05) is 13.1 Å². The number of carbonyl (C=O) groups is 1. The van der Waals surface area contributed by atoms with Gasteiger partial charge in [0.05, 0.1) is 16.7 Å². The lowest BCUT2D eigenvalue weighted by atomic mass is 9.96. The molecule has 1 saturated carbocycles. The van der Waals surface area contributed by atoms with Crippen LogP contribution in [0.3, 0.4) is 0 Å². The van der Waals surface area contributed by atoms with E-state index in [1.165, 1.54) is 6.07 Å². The summed E-state index contributed by atoms with van der Waals surface area (Å²) in [6.07, 6.45) is 3.82. The monoisotopic (exact) mass is 347 g/mol. The molecule has 7 nitrogen and oxygen atoms in total. The van der Waals surface area contributed by atoms with Gasteiger partial charge >= 0.3 is 0 Å². The van der Waals surface area contributed by atoms with Gasteiger partial charge < -0.3 is 9.88 Å². The second-order valence-electron chi connectivity index (χ2n) is 6.98. The van der Waals surface area contributed by atoms with E-state index < -0.39 is 0 Å². The van der Waals surface area contributed by atoms with Gasteiger partial charge in [-0.3, -0.25) is 14.6 Å². The minimum atomic E-state index is -0.261. The van der Waals surface area contributed by atoms with Gasteiger partial charge in [0.25, 0.3) is 11.5 Å². The number of para-hydroxylation sites is 2. The maximum absolute atomic E-state index is 12.6. The Morgan fingerprint density at radius 1 is 1.08 bits per heavy atom. The number of nitrogens with zero attached hydrogens (tertiary/aromatic N) is 4. The van der Waals surface area contributed by atoms with Crippen molar-refractivity contribution in [2.24, 2.45) is 0 Å². The zero-order valence-electron chi connectivity index (χ0n) is 14.1. The molecule has 26 heavy (non-hydrogen) atoms. The fourth-order valence-corrected chi connectivity index (χ4v) is 3.30. The average Bonchev–Trinajstić information content (AvgIpc) is 3.45. The van der Waals surface area contributed by atoms with Crippen LogP contribution in [0.2, 0.25) is 0 Å². The van der Waals surface area contributed by atoms with Crippen LogP contribution in [-0.2, 0) is 0 Å². The standard InChI is InChI=1S/C19H17N5O2/c25-17-7-15(22-18(23-17)11-5-6-11)19(26)24-9-12(10-24)16-8-20-13-3-1-2-4-14(13)21-16/h1-4,7-8,11-12H,5-6,9-10H2,(H,22,23,25). The molecule has 0 spiro atoms. The molecule has 0 bridgehead atoms. The Morgan fingerprint density at radius 2 is 1.85 bits per heavy atom. The number of nitrogens with one attached hydrogen (secondary N) is 1. The molecular formula is C19H17N5O2. The largest absolute Gasteiger partial charge is 0.336 e. The zero-order valence-corrected chi connectivity index (χ0v) is 14.1. The lowest BCUT2D eigenvalue weighted by Crippen LogP contribution is -2.49. The van der Waals surface area contributed by atoms with Crippen LogP contribution in [0.15, 0.2) is 41.3 Å². The molecule has 1 saturated heterocycles. The number of likely N-dealkylation sites (tertiary alicyclic amines) is 1. The SMILES string of the molecule is O=C(c1cc(=O)[nH]c(C2CC2)n1)N1CC(c2cnc3ccccc3n2)C1. The van der Waals surface area contributed by atoms with E-state index in [0.29, 0.717) is 24.8 Å². The van der Waals surface area contributed by atoms with Gasteiger partial charge in [0.15, 0.2) is 0 Å². The third kappa shape index (κ3) is 2.65. The van der Waals surface area contributed by atoms with Crippen molar-refractivity contribution in [3.8, 4) is 0 Å². The summed E-state index contributed by atoms with van der Waals surface area (Å²) < 4.78 is 0. The highest BCUT2D eigenvalue weighted by Crippen LogP contribution is 2.37. The highest BCUT2D eigenvalue weighted by Gasteiger charge is 2.35. The van der Waals surface area contributed by atoms with Gasteiger partial charge in [0, 0.05) is 37.2 Å². The van der Waals surface area contributed by atoms with Crippen molar-refractivity contribution < 1.29 is 4.79 Å². The van der Waals surface area contributed by atoms with Crippen molar-refractivity contribution in [1.82, 2.24) is 24.8 Å². The Labute approximate surface area is 149 Å². The average molecular weight is 347 g/mol. The van der Waals surface area contributed by atoms with Crippen molar-refractivity contribution in [1.29, 1.82) is 0 Å². The molecule has 1 N–H and O–H groups in total. The smallest absolute Gasteiger partial charge is 0.272 e. The number of rotatable bonds is 3. The molecule has 3 heterocycles. The van der Waals surface area contributed by atoms with Gasteiger partial charge in [0.1, 0.15) is 11.5 Å². The molecule has 0 radical (unpaired) electrons. The van der Waals surface area contributed by atoms with Gasteiger partial charge in [-0.05, 0) is 25.0 Å². The predicted octanol–water partition coefficient (Wildman–Crippen LogP) is 1.83. The molecule has 5 rings (SSSR count). The number of amides is 1. The van der Waals surface area contributed by atoms with Crippen molar-refractivity contribution >= 4 is 16.9 Å². The van der Waals surface area contributed by atoms with Crippen LogP contribution in [0.4, 0.5) is 0 Å². The van der Waals surface area contributed by atoms with Crippen LogP contribution in [0.5, 0.6) is 0 Å². The number of carbonyl (C=O) groups excluding carboxylic acids is 1. The summed E-state index contributed by atoms with van der Waals surface area (Å²) in [5.74, 6) is 0.912. The van der Waals surface area contributed by atoms with Gasteiger partial charge in [-0.25, -0.2) is 9.97 Å². The van der Waals surface area contributed by atoms with Gasteiger partial charge in [-0.2, -0.15) is 0 Å². The second kappa shape index (κ2) is 5.72. The van der Waals surface area contributed by atoms with E-state index in [0.717, 1.165) is 29.6 Å². The van der Waals surface area contributed by atoms with E-state index in [4.69, 9.17) is 0 Å². The Balaban J connectivity index is 1.32. The first kappa shape index (κ1) is 15.2. The third-order valence-electron chi connectivity index (χ3n) is 5.00. The molecule has 1 aliphatic carbocycles. The highest BCUT2D eigenvalue weighted by atomic mass is 16.2. The fourth-order valence-electron chi connectivity index (χ4n) is 3.30. The maximum atomic E-state index is 12.6. The highest BCUT2D eigenvalue weighted by molar-refractivity contribution is 5.93. The van der Waals surface area contributed by atoms with Gasteiger partial charge in [-0.15, -0.1) is 0 Å². The molecule has 2 fully saturated rings. The zero-order chi connectivity index (χ0) is 17.7. The Bertz CT molecular complexity index is 1070. The van der Waals surface area contributed by atoms with Gasteiger partial charge in [-0.1, -0.05) is 12.1 Å². The third-order valence-corrected chi connectivity index (χ3v) is 5.00. The van der Waals surface area contributed by atoms with E-state index in [9.17, 15) is 9.59 Å². The van der Waals surface area contributed by atoms with E-state index in [-0.39, 0.29) is 23.1 Å². The minimum Gasteiger partial charge on any atom is -0.336 e. The van der Waals surface area contributed by atoms with Crippen LogP contribution in [0.1, 0.15) is 46.7 Å². The molecular weight excluding hydrogens is 330 g/mol. The molecule has 3 aromatic rings. The van der Waals surface area contributed by atoms with Crippen molar-refractivity contribution in [2.45, 2.75) is 24.7 Å². The number of hydrogen-bond donors (Lipinski definition) is 1. The number of hydrogen-bond acceptors (Lipinski definition) is 5. The maximum Gasteiger partial charge on any atom is 0.272 e. The molecule has 1 aromatic carbocycles. The molecule has 2 aromatic heterocycles. The normalized spacial score (nSPS) is 17.3. The Hall–Kier alpha value is -3.09. The molecule has 7 heteroatoms. The van der Waals surface area contributed by atoms with Crippen LogP contribution >= 0.6 is 0 Å². The molecule has 1 amide bonds. The van der Waals surface area contributed by atoms with Gasteiger partial charge in [0.2, 0.25) is 0 Å². The van der Waals surface area contributed by atoms with Crippen LogP contribution < -0.4 is 5.56 Å². The Kier molecular flexibility index (Phi) is 3.34. The summed E-state index contributed by atoms with van der Waals surface area (Å²) in [4.78, 5) is 42.3. The van der Waals surface area contributed by atoms with E-state index in [2.05, 4.69) is 19.9 Å². The lowest BCUT2D eigenvalue weighted by molar-refractivity contribution is 0.0592. The van der Waals surface area contributed by atoms with E-state index in [1.54, 1.807) is 11.1 Å². The number of benzene rings is 1. The minimum absolute atomic E-state index is 0.168. The lowest BCUT2D eigenvalue weighted by Gasteiger charge is -2.38. The number of H-pyrrole nitrogens is 1. The molecule has 0 atom stereocenters. The summed E-state index contributed by atoms with van der Waals surface area (Å²) in [6.45, 7) is 1.14. The molecule has 2 aliphatic rings. The quantitative estimate of drug-likeness (QED) is 0.780. The second-order valence-corrected chi connectivity index (χ2v) is 6.98. The van der Waals surface area contributed by atoms with Crippen molar-refractivity contribution in [3.63, 3.8) is 0 Å². The van der Waals surface area contributed by atoms with E-state index in [1.807, 2.05) is 24.3 Å². The summed E-state index contributed by atoms with van der Waals surface area (Å²) in [7, 11) is 0. The summed E-state index contributed by atoms with van der Waals surface area (Å²) in [5, 5.41) is 0. The first-order valence-electron chi connectivity index (χ1n) is 8.79. The summed E-state index contributed by atoms with van der Waals surface area (Å²) in [5.41, 5.74) is 2.59. The van der Waals surface area contributed by atoms with Crippen molar-refractivity contribution in [3.05, 3.63) is 64.1 Å². The van der Waals surface area contributed by atoms with Crippen LogP contribution in [0.25, 0.3) is 11.0 Å². The van der Waals surface area contributed by atoms with Crippen LogP contribution in [-0.4, -0.2) is 43.8 Å². The summed E-state index contributed by atoms with van der Waals surface area (Å²) in [6, 6.07) is 9.03. The number of aromatic amines is 1. The first-order valence-corrected chi connectivity index (χ1v) is 8.79. The summed E-state index contributed by atoms with van der Waals surface area (Å²) >= 11 is 0. The molecule has 130 valence electrons. The molecule has 1 aliphatic heterocycles. The fraction of sp³-hybridized carbons (Fsp3) is 0.316. The first-order chi connectivity index (χ1) is 12.7. The van der Waals surface area contributed by atoms with E-state index >= 15 is 0 Å². The predicted molar refractivity (Wildman–Crippen MR) is 95.0 cm³/mol. The topological polar surface area (TPSA) is 91.8 Å². The van der Waals surface area contributed by atoms with Crippen LogP contribution in [0, 0.1) is 0 Å². The number of fused-ring (bicyclic) bond motifs is 1. The number of aromatic nitrogens is 4.